The predicted molar refractivity (Wildman–Crippen MR) is 112 cm³/mol. The van der Waals surface area contributed by atoms with Gasteiger partial charge in [-0.3, -0.25) is 0 Å². The van der Waals surface area contributed by atoms with Crippen molar-refractivity contribution in [3.05, 3.63) is 90.5 Å². The lowest BCUT2D eigenvalue weighted by Gasteiger charge is -2.11. The molecule has 140 valence electrons. The number of nitrogens with one attached hydrogen (secondary N) is 2. The normalized spacial score (nSPS) is 10.7. The maximum atomic E-state index is 12.1. The Balaban J connectivity index is 1.43. The van der Waals surface area contributed by atoms with E-state index in [1.807, 2.05) is 66.7 Å². The van der Waals surface area contributed by atoms with E-state index in [1.54, 1.807) is 0 Å². The first-order valence-electron chi connectivity index (χ1n) is 9.37. The zero-order valence-electron chi connectivity index (χ0n) is 15.5. The van der Waals surface area contributed by atoms with E-state index in [9.17, 15) is 4.79 Å². The van der Waals surface area contributed by atoms with Crippen molar-refractivity contribution in [3.63, 3.8) is 0 Å². The summed E-state index contributed by atoms with van der Waals surface area (Å²) in [5.74, 6) is 0.910. The largest absolute Gasteiger partial charge is 0.336 e. The van der Waals surface area contributed by atoms with Crippen LogP contribution in [-0.4, -0.2) is 22.1 Å². The quantitative estimate of drug-likeness (QED) is 0.534. The molecule has 5 nitrogen and oxygen atoms in total. The van der Waals surface area contributed by atoms with Gasteiger partial charge in [-0.2, -0.15) is 0 Å². The third kappa shape index (κ3) is 4.04. The minimum atomic E-state index is -0.172. The number of para-hydroxylation sites is 2. The molecule has 2 N–H and O–H groups in total. The molecular weight excluding hydrogens is 348 g/mol. The number of benzene rings is 3. The number of amides is 2. The molecule has 0 aliphatic carbocycles. The van der Waals surface area contributed by atoms with Crippen LogP contribution in [0.25, 0.3) is 22.4 Å². The summed E-state index contributed by atoms with van der Waals surface area (Å²) in [6.45, 7) is 1.67. The molecule has 0 saturated carbocycles. The summed E-state index contributed by atoms with van der Waals surface area (Å²) in [6, 6.07) is 27.9. The number of fused-ring (bicyclic) bond motifs is 1. The maximum Gasteiger partial charge on any atom is 0.315 e. The van der Waals surface area contributed by atoms with Gasteiger partial charge in [-0.1, -0.05) is 72.8 Å². The van der Waals surface area contributed by atoms with E-state index >= 15 is 0 Å². The Bertz CT molecular complexity index is 1060. The van der Waals surface area contributed by atoms with Gasteiger partial charge in [-0.15, -0.1) is 0 Å². The van der Waals surface area contributed by atoms with Crippen molar-refractivity contribution in [1.29, 1.82) is 0 Å². The van der Waals surface area contributed by atoms with Gasteiger partial charge in [0.25, 0.3) is 0 Å². The first-order chi connectivity index (χ1) is 13.8. The molecule has 4 aromatic rings. The molecule has 0 aliphatic rings. The van der Waals surface area contributed by atoms with Gasteiger partial charge < -0.3 is 15.2 Å². The van der Waals surface area contributed by atoms with E-state index < -0.39 is 0 Å². The van der Waals surface area contributed by atoms with Crippen molar-refractivity contribution in [1.82, 2.24) is 20.2 Å². The zero-order valence-corrected chi connectivity index (χ0v) is 15.5. The average molecular weight is 370 g/mol. The molecule has 0 radical (unpaired) electrons. The maximum absolute atomic E-state index is 12.1. The Hall–Kier alpha value is -3.60. The summed E-state index contributed by atoms with van der Waals surface area (Å²) < 4.78 is 2.15. The van der Waals surface area contributed by atoms with Gasteiger partial charge in [-0.25, -0.2) is 9.78 Å². The third-order valence-electron chi connectivity index (χ3n) is 4.60. The van der Waals surface area contributed by atoms with Crippen molar-refractivity contribution in [3.8, 4) is 11.4 Å². The number of urea groups is 1. The Morgan fingerprint density at radius 2 is 1.50 bits per heavy atom. The number of carbonyl (C=O) groups is 1. The van der Waals surface area contributed by atoms with E-state index in [4.69, 9.17) is 4.98 Å². The van der Waals surface area contributed by atoms with E-state index in [0.29, 0.717) is 19.6 Å². The second kappa shape index (κ2) is 8.39. The van der Waals surface area contributed by atoms with Gasteiger partial charge in [-0.05, 0) is 17.7 Å². The number of hydrogen-bond donors (Lipinski definition) is 2. The molecule has 0 atom stereocenters. The highest BCUT2D eigenvalue weighted by molar-refractivity contribution is 5.80. The number of nitrogens with zero attached hydrogens (tertiary/aromatic N) is 2. The Kier molecular flexibility index (Phi) is 5.33. The first kappa shape index (κ1) is 17.8. The topological polar surface area (TPSA) is 59.0 Å². The number of rotatable bonds is 6. The molecule has 0 spiro atoms. The monoisotopic (exact) mass is 370 g/mol. The summed E-state index contributed by atoms with van der Waals surface area (Å²) in [7, 11) is 0. The Morgan fingerprint density at radius 3 is 2.29 bits per heavy atom. The molecule has 3 aromatic carbocycles. The molecule has 28 heavy (non-hydrogen) atoms. The van der Waals surface area contributed by atoms with Gasteiger partial charge in [0, 0.05) is 25.2 Å². The van der Waals surface area contributed by atoms with E-state index in [1.165, 1.54) is 0 Å². The van der Waals surface area contributed by atoms with Crippen LogP contribution in [0.2, 0.25) is 0 Å². The van der Waals surface area contributed by atoms with Crippen LogP contribution in [-0.2, 0) is 13.1 Å². The van der Waals surface area contributed by atoms with Gasteiger partial charge in [0.1, 0.15) is 5.82 Å². The van der Waals surface area contributed by atoms with Crippen LogP contribution in [0.3, 0.4) is 0 Å². The van der Waals surface area contributed by atoms with E-state index in [-0.39, 0.29) is 6.03 Å². The van der Waals surface area contributed by atoms with Crippen molar-refractivity contribution < 1.29 is 4.79 Å². The number of imidazole rings is 1. The summed E-state index contributed by atoms with van der Waals surface area (Å²) in [5.41, 5.74) is 4.15. The molecule has 1 heterocycles. The minimum absolute atomic E-state index is 0.172. The van der Waals surface area contributed by atoms with E-state index in [0.717, 1.165) is 28.0 Å². The molecule has 1 aromatic heterocycles. The average Bonchev–Trinajstić information content (AvgIpc) is 3.12. The second-order valence-electron chi connectivity index (χ2n) is 6.54. The van der Waals surface area contributed by atoms with Crippen LogP contribution in [0.5, 0.6) is 0 Å². The summed E-state index contributed by atoms with van der Waals surface area (Å²) in [6.07, 6.45) is 0. The summed E-state index contributed by atoms with van der Waals surface area (Å²) >= 11 is 0. The molecule has 0 unspecified atom stereocenters. The lowest BCUT2D eigenvalue weighted by molar-refractivity contribution is 0.240. The smallest absolute Gasteiger partial charge is 0.315 e. The number of hydrogen-bond acceptors (Lipinski definition) is 2. The fourth-order valence-electron chi connectivity index (χ4n) is 3.23. The molecule has 0 fully saturated rings. The van der Waals surface area contributed by atoms with Crippen molar-refractivity contribution >= 4 is 17.1 Å². The van der Waals surface area contributed by atoms with Crippen LogP contribution in [0, 0.1) is 0 Å². The number of aromatic nitrogens is 2. The molecule has 2 amide bonds. The molecule has 5 heteroatoms. The zero-order chi connectivity index (χ0) is 19.2. The second-order valence-corrected chi connectivity index (χ2v) is 6.54. The van der Waals surface area contributed by atoms with Gasteiger partial charge in [0.2, 0.25) is 0 Å². The van der Waals surface area contributed by atoms with Crippen LogP contribution < -0.4 is 10.6 Å². The van der Waals surface area contributed by atoms with Gasteiger partial charge in [0.15, 0.2) is 0 Å². The summed E-state index contributed by atoms with van der Waals surface area (Å²) in [4.78, 5) is 16.9. The van der Waals surface area contributed by atoms with Crippen LogP contribution in [0.4, 0.5) is 4.79 Å². The van der Waals surface area contributed by atoms with Crippen molar-refractivity contribution in [2.24, 2.45) is 0 Å². The van der Waals surface area contributed by atoms with Crippen LogP contribution in [0.1, 0.15) is 5.56 Å². The highest BCUT2D eigenvalue weighted by Crippen LogP contribution is 2.24. The minimum Gasteiger partial charge on any atom is -0.336 e. The van der Waals surface area contributed by atoms with Crippen LogP contribution >= 0.6 is 0 Å². The highest BCUT2D eigenvalue weighted by atomic mass is 16.2. The standard InChI is InChI=1S/C23H22N4O/c28-23(25-17-18-9-3-1-4-10-18)24-15-16-27-21-14-8-7-13-20(21)26-22(27)19-11-5-2-6-12-19/h1-14H,15-17H2,(H2,24,25,28). The Morgan fingerprint density at radius 1 is 0.821 bits per heavy atom. The first-order valence-corrected chi connectivity index (χ1v) is 9.37. The fourth-order valence-corrected chi connectivity index (χ4v) is 3.23. The lowest BCUT2D eigenvalue weighted by Crippen LogP contribution is -2.36. The lowest BCUT2D eigenvalue weighted by atomic mass is 10.2. The SMILES string of the molecule is O=C(NCCn1c(-c2ccccc2)nc2ccccc21)NCc1ccccc1. The predicted octanol–water partition coefficient (Wildman–Crippen LogP) is 4.20. The van der Waals surface area contributed by atoms with Gasteiger partial charge in [0.05, 0.1) is 11.0 Å². The molecule has 4 rings (SSSR count). The number of carbonyl (C=O) groups excluding carboxylic acids is 1. The van der Waals surface area contributed by atoms with Crippen LogP contribution in [0.15, 0.2) is 84.9 Å². The summed E-state index contributed by atoms with van der Waals surface area (Å²) in [5, 5.41) is 5.82. The molecule has 0 aliphatic heterocycles. The third-order valence-corrected chi connectivity index (χ3v) is 4.60. The Labute approximate surface area is 164 Å². The molecule has 0 bridgehead atoms. The molecule has 0 saturated heterocycles. The van der Waals surface area contributed by atoms with E-state index in [2.05, 4.69) is 33.4 Å². The van der Waals surface area contributed by atoms with Crippen molar-refractivity contribution in [2.45, 2.75) is 13.1 Å². The highest BCUT2D eigenvalue weighted by Gasteiger charge is 2.12. The fraction of sp³-hybridized carbons (Fsp3) is 0.130. The van der Waals surface area contributed by atoms with Crippen molar-refractivity contribution in [2.75, 3.05) is 6.54 Å². The molecular formula is C23H22N4O. The van der Waals surface area contributed by atoms with Gasteiger partial charge >= 0.3 is 6.03 Å².